The third-order valence-corrected chi connectivity index (χ3v) is 2.82. The molecule has 0 fully saturated rings. The van der Waals surface area contributed by atoms with Gasteiger partial charge in [-0.15, -0.1) is 0 Å². The van der Waals surface area contributed by atoms with Crippen LogP contribution >= 0.6 is 27.5 Å². The number of hydrogen-bond acceptors (Lipinski definition) is 0. The van der Waals surface area contributed by atoms with Crippen LogP contribution in [0.25, 0.3) is 4.48 Å². The van der Waals surface area contributed by atoms with Crippen molar-refractivity contribution >= 4 is 32.0 Å². The van der Waals surface area contributed by atoms with Gasteiger partial charge in [0.2, 0.25) is 0 Å². The molecule has 0 nitrogen and oxygen atoms in total. The van der Waals surface area contributed by atoms with Crippen molar-refractivity contribution in [3.8, 4) is 0 Å². The van der Waals surface area contributed by atoms with Gasteiger partial charge in [-0.1, -0.05) is 39.7 Å². The van der Waals surface area contributed by atoms with Crippen LogP contribution in [0.3, 0.4) is 0 Å². The first kappa shape index (κ1) is 7.38. The van der Waals surface area contributed by atoms with Gasteiger partial charge in [-0.2, -0.15) is 0 Å². The van der Waals surface area contributed by atoms with Crippen molar-refractivity contribution < 1.29 is 0 Å². The predicted octanol–water partition coefficient (Wildman–Crippen LogP) is 3.63. The minimum atomic E-state index is 0.802. The summed E-state index contributed by atoms with van der Waals surface area (Å²) >= 11 is 9.31. The van der Waals surface area contributed by atoms with Crippen LogP contribution in [0.4, 0.5) is 0 Å². The maximum absolute atomic E-state index is 5.84. The minimum Gasteiger partial charge on any atom is -0.0843 e. The van der Waals surface area contributed by atoms with Gasteiger partial charge in [0.15, 0.2) is 0 Å². The van der Waals surface area contributed by atoms with Crippen molar-refractivity contribution in [2.24, 2.45) is 0 Å². The molecule has 2 heteroatoms. The molecule has 56 valence electrons. The third kappa shape index (κ3) is 1.23. The number of hydrogen-bond donors (Lipinski definition) is 0. The van der Waals surface area contributed by atoms with E-state index in [9.17, 15) is 0 Å². The monoisotopic (exact) mass is 228 g/mol. The molecule has 0 radical (unpaired) electrons. The van der Waals surface area contributed by atoms with Crippen molar-refractivity contribution in [3.63, 3.8) is 0 Å². The van der Waals surface area contributed by atoms with Crippen LogP contribution in [0.2, 0.25) is 5.02 Å². The molecule has 1 aromatic rings. The van der Waals surface area contributed by atoms with Gasteiger partial charge in [0.25, 0.3) is 0 Å². The fourth-order valence-corrected chi connectivity index (χ4v) is 1.96. The summed E-state index contributed by atoms with van der Waals surface area (Å²) in [4.78, 5) is 0. The fraction of sp³-hybridized carbons (Fsp3) is 0.111. The van der Waals surface area contributed by atoms with Gasteiger partial charge in [-0.25, -0.2) is 0 Å². The summed E-state index contributed by atoms with van der Waals surface area (Å²) in [6, 6.07) is 5.99. The fourth-order valence-electron chi connectivity index (χ4n) is 1.26. The van der Waals surface area contributed by atoms with Gasteiger partial charge < -0.3 is 0 Å². The molecule has 0 heterocycles. The second-order valence-electron chi connectivity index (χ2n) is 2.56. The van der Waals surface area contributed by atoms with Gasteiger partial charge in [0.05, 0.1) is 0 Å². The van der Waals surface area contributed by atoms with Gasteiger partial charge in [0.1, 0.15) is 0 Å². The topological polar surface area (TPSA) is 0 Å². The lowest BCUT2D eigenvalue weighted by molar-refractivity contribution is 1.31. The molecule has 0 amide bonds. The summed E-state index contributed by atoms with van der Waals surface area (Å²) in [5.74, 6) is 0. The lowest BCUT2D eigenvalue weighted by atomic mass is 10.1. The van der Waals surface area contributed by atoms with Crippen molar-refractivity contribution in [2.45, 2.75) is 6.42 Å². The van der Waals surface area contributed by atoms with E-state index in [1.54, 1.807) is 0 Å². The second-order valence-corrected chi connectivity index (χ2v) is 3.85. The van der Waals surface area contributed by atoms with Gasteiger partial charge in [-0.3, -0.25) is 0 Å². The van der Waals surface area contributed by atoms with Crippen LogP contribution in [-0.2, 0) is 6.42 Å². The first-order valence-electron chi connectivity index (χ1n) is 3.42. The van der Waals surface area contributed by atoms with E-state index in [1.165, 1.54) is 11.1 Å². The van der Waals surface area contributed by atoms with Gasteiger partial charge in [-0.05, 0) is 29.7 Å². The van der Waals surface area contributed by atoms with E-state index in [4.69, 9.17) is 11.6 Å². The molecule has 0 aliphatic heterocycles. The highest BCUT2D eigenvalue weighted by molar-refractivity contribution is 9.15. The summed E-state index contributed by atoms with van der Waals surface area (Å²) in [7, 11) is 0. The van der Waals surface area contributed by atoms with Crippen LogP contribution in [0.5, 0.6) is 0 Å². The molecule has 0 bridgehead atoms. The molecule has 0 aromatic heterocycles. The number of allylic oxidation sites excluding steroid dienone is 1. The zero-order valence-corrected chi connectivity index (χ0v) is 8.11. The quantitative estimate of drug-likeness (QED) is 0.637. The summed E-state index contributed by atoms with van der Waals surface area (Å²) < 4.78 is 1.16. The maximum Gasteiger partial charge on any atom is 0.0412 e. The lowest BCUT2D eigenvalue weighted by Gasteiger charge is -1.99. The van der Waals surface area contributed by atoms with E-state index in [2.05, 4.69) is 28.1 Å². The molecule has 2 rings (SSSR count). The summed E-state index contributed by atoms with van der Waals surface area (Å²) in [5.41, 5.74) is 2.58. The summed E-state index contributed by atoms with van der Waals surface area (Å²) in [5, 5.41) is 0.802. The molecule has 0 N–H and O–H groups in total. The van der Waals surface area contributed by atoms with Crippen LogP contribution in [0.15, 0.2) is 24.3 Å². The Morgan fingerprint density at radius 2 is 2.18 bits per heavy atom. The van der Waals surface area contributed by atoms with E-state index in [-0.39, 0.29) is 0 Å². The first-order valence-corrected chi connectivity index (χ1v) is 4.59. The Balaban J connectivity index is 2.60. The van der Waals surface area contributed by atoms with E-state index in [0.29, 0.717) is 0 Å². The summed E-state index contributed by atoms with van der Waals surface area (Å²) in [6.07, 6.45) is 3.17. The van der Waals surface area contributed by atoms with E-state index >= 15 is 0 Å². The van der Waals surface area contributed by atoms with Crippen molar-refractivity contribution in [3.05, 3.63) is 40.4 Å². The van der Waals surface area contributed by atoms with Crippen molar-refractivity contribution in [2.75, 3.05) is 0 Å². The zero-order chi connectivity index (χ0) is 7.84. The van der Waals surface area contributed by atoms with Crippen LogP contribution < -0.4 is 0 Å². The standard InChI is InChI=1S/C9H6BrCl/c10-9-4-2-6-1-3-7(11)5-8(6)9/h1,3-5H,2H2. The Bertz CT molecular complexity index is 328. The van der Waals surface area contributed by atoms with Crippen LogP contribution in [-0.4, -0.2) is 0 Å². The molecule has 0 atom stereocenters. The van der Waals surface area contributed by atoms with E-state index in [0.717, 1.165) is 15.9 Å². The highest BCUT2D eigenvalue weighted by Crippen LogP contribution is 2.33. The number of fused-ring (bicyclic) bond motifs is 1. The number of halogens is 2. The van der Waals surface area contributed by atoms with Crippen LogP contribution in [0, 0.1) is 0 Å². The van der Waals surface area contributed by atoms with E-state index in [1.807, 2.05) is 12.1 Å². The SMILES string of the molecule is Clc1ccc2c(c1)C(Br)=CC2. The molecule has 0 unspecified atom stereocenters. The van der Waals surface area contributed by atoms with Crippen LogP contribution in [0.1, 0.15) is 11.1 Å². The van der Waals surface area contributed by atoms with Gasteiger partial charge in [0, 0.05) is 9.51 Å². The molecule has 1 aromatic carbocycles. The molecular formula is C9H6BrCl. The number of benzene rings is 1. The molecule has 0 saturated heterocycles. The normalized spacial score (nSPS) is 14.5. The van der Waals surface area contributed by atoms with E-state index < -0.39 is 0 Å². The molecule has 0 spiro atoms. The summed E-state index contributed by atoms with van der Waals surface area (Å²) in [6.45, 7) is 0. The highest BCUT2D eigenvalue weighted by Gasteiger charge is 2.10. The Kier molecular flexibility index (Phi) is 1.78. The average molecular weight is 230 g/mol. The molecule has 1 aliphatic carbocycles. The minimum absolute atomic E-state index is 0.802. The third-order valence-electron chi connectivity index (χ3n) is 1.83. The first-order chi connectivity index (χ1) is 5.27. The van der Waals surface area contributed by atoms with Crippen molar-refractivity contribution in [1.82, 2.24) is 0 Å². The average Bonchev–Trinajstić information content (AvgIpc) is 2.33. The molecule has 1 aliphatic rings. The zero-order valence-electron chi connectivity index (χ0n) is 5.77. The Morgan fingerprint density at radius 3 is 3.00 bits per heavy atom. The molecular weight excluding hydrogens is 223 g/mol. The Labute approximate surface area is 79.0 Å². The Hall–Kier alpha value is -0.270. The largest absolute Gasteiger partial charge is 0.0843 e. The lowest BCUT2D eigenvalue weighted by Crippen LogP contribution is -1.80. The smallest absolute Gasteiger partial charge is 0.0412 e. The predicted molar refractivity (Wildman–Crippen MR) is 52.1 cm³/mol. The molecule has 0 saturated carbocycles. The number of rotatable bonds is 0. The highest BCUT2D eigenvalue weighted by atomic mass is 79.9. The maximum atomic E-state index is 5.84. The van der Waals surface area contributed by atoms with Gasteiger partial charge >= 0.3 is 0 Å². The molecule has 11 heavy (non-hydrogen) atoms. The second kappa shape index (κ2) is 2.65. The van der Waals surface area contributed by atoms with Crippen molar-refractivity contribution in [1.29, 1.82) is 0 Å². The Morgan fingerprint density at radius 1 is 1.36 bits per heavy atom.